The molecule has 0 saturated heterocycles. The number of hydrogen-bond acceptors (Lipinski definition) is 5. The van der Waals surface area contributed by atoms with Crippen LogP contribution in [0.25, 0.3) is 0 Å². The smallest absolute Gasteiger partial charge is 0.104 e. The second-order valence-electron chi connectivity index (χ2n) is 4.04. The molecular formula is C10H17N7. The van der Waals surface area contributed by atoms with E-state index in [1.54, 1.807) is 9.36 Å². The summed E-state index contributed by atoms with van der Waals surface area (Å²) in [5.74, 6) is 0. The number of hydrogen-bond donors (Lipinski definition) is 1. The summed E-state index contributed by atoms with van der Waals surface area (Å²) in [4.78, 5) is 0. The van der Waals surface area contributed by atoms with Gasteiger partial charge in [-0.15, -0.1) is 10.2 Å². The maximum Gasteiger partial charge on any atom is 0.104 e. The zero-order valence-corrected chi connectivity index (χ0v) is 9.95. The van der Waals surface area contributed by atoms with Crippen LogP contribution >= 0.6 is 0 Å². The minimum Gasteiger partial charge on any atom is -0.330 e. The van der Waals surface area contributed by atoms with Gasteiger partial charge in [0.15, 0.2) is 0 Å². The lowest BCUT2D eigenvalue weighted by atomic mass is 10.2. The van der Waals surface area contributed by atoms with Crippen LogP contribution in [0.3, 0.4) is 0 Å². The maximum atomic E-state index is 5.44. The summed E-state index contributed by atoms with van der Waals surface area (Å²) in [5.41, 5.74) is 7.33. The van der Waals surface area contributed by atoms with Crippen LogP contribution < -0.4 is 5.73 Å². The minimum absolute atomic E-state index is 0.609. The number of nitrogens with two attached hydrogens (primary N) is 1. The monoisotopic (exact) mass is 235 g/mol. The van der Waals surface area contributed by atoms with Gasteiger partial charge in [-0.1, -0.05) is 10.4 Å². The van der Waals surface area contributed by atoms with Gasteiger partial charge in [-0.2, -0.15) is 0 Å². The fraction of sp³-hybridized carbons (Fsp3) is 0.600. The van der Waals surface area contributed by atoms with Gasteiger partial charge in [-0.3, -0.25) is 4.68 Å². The van der Waals surface area contributed by atoms with E-state index >= 15 is 0 Å². The van der Waals surface area contributed by atoms with Gasteiger partial charge in [0.2, 0.25) is 0 Å². The van der Waals surface area contributed by atoms with Crippen molar-refractivity contribution in [2.24, 2.45) is 12.8 Å². The average Bonchev–Trinajstić information content (AvgIpc) is 2.90. The van der Waals surface area contributed by atoms with Gasteiger partial charge in [0.25, 0.3) is 0 Å². The summed E-state index contributed by atoms with van der Waals surface area (Å²) in [7, 11) is 1.84. The first-order valence-electron chi connectivity index (χ1n) is 5.72. The molecule has 0 spiro atoms. The molecule has 0 aromatic carbocycles. The highest BCUT2D eigenvalue weighted by atomic mass is 15.4. The third kappa shape index (κ3) is 3.35. The molecule has 2 rings (SSSR count). The summed E-state index contributed by atoms with van der Waals surface area (Å²) in [5, 5.41) is 16.0. The number of unbranched alkanes of at least 4 members (excludes halogenated alkanes) is 1. The van der Waals surface area contributed by atoms with Gasteiger partial charge >= 0.3 is 0 Å². The first-order valence-corrected chi connectivity index (χ1v) is 5.72. The highest BCUT2D eigenvalue weighted by Gasteiger charge is 2.03. The molecule has 0 unspecified atom stereocenters. The Balaban J connectivity index is 1.89. The molecule has 0 radical (unpaired) electrons. The van der Waals surface area contributed by atoms with E-state index in [0.29, 0.717) is 6.54 Å². The van der Waals surface area contributed by atoms with E-state index in [0.717, 1.165) is 37.2 Å². The van der Waals surface area contributed by atoms with Crippen LogP contribution in [0.15, 0.2) is 12.4 Å². The Hall–Kier alpha value is -1.76. The molecule has 2 aromatic heterocycles. The molecule has 2 aromatic rings. The quantitative estimate of drug-likeness (QED) is 0.697. The molecule has 7 nitrogen and oxygen atoms in total. The number of aromatic nitrogens is 6. The van der Waals surface area contributed by atoms with Crippen molar-refractivity contribution in [1.82, 2.24) is 30.0 Å². The third-order valence-electron chi connectivity index (χ3n) is 2.45. The van der Waals surface area contributed by atoms with Crippen LogP contribution in [-0.4, -0.2) is 36.5 Å². The van der Waals surface area contributed by atoms with Crippen LogP contribution in [-0.2, 0) is 20.0 Å². The predicted octanol–water partition coefficient (Wildman–Crippen LogP) is -0.264. The predicted molar refractivity (Wildman–Crippen MR) is 62.1 cm³/mol. The van der Waals surface area contributed by atoms with E-state index in [9.17, 15) is 0 Å². The lowest BCUT2D eigenvalue weighted by Gasteiger charge is -1.94. The molecule has 7 heteroatoms. The molecule has 2 N–H and O–H groups in total. The van der Waals surface area contributed by atoms with Crippen molar-refractivity contribution in [3.8, 4) is 0 Å². The molecule has 0 amide bonds. The third-order valence-corrected chi connectivity index (χ3v) is 2.45. The van der Waals surface area contributed by atoms with Crippen LogP contribution in [0.5, 0.6) is 0 Å². The summed E-state index contributed by atoms with van der Waals surface area (Å²) >= 11 is 0. The maximum absolute atomic E-state index is 5.44. The Morgan fingerprint density at radius 2 is 1.94 bits per heavy atom. The molecule has 0 atom stereocenters. The van der Waals surface area contributed by atoms with Gasteiger partial charge in [0.05, 0.1) is 12.2 Å². The SMILES string of the molecule is Cn1cc(Cn2cc(CCCCN)nn2)nn1. The van der Waals surface area contributed by atoms with E-state index in [2.05, 4.69) is 20.6 Å². The topological polar surface area (TPSA) is 87.4 Å². The van der Waals surface area contributed by atoms with E-state index in [1.165, 1.54) is 0 Å². The van der Waals surface area contributed by atoms with E-state index in [4.69, 9.17) is 5.73 Å². The van der Waals surface area contributed by atoms with E-state index < -0.39 is 0 Å². The van der Waals surface area contributed by atoms with Crippen molar-refractivity contribution in [3.05, 3.63) is 23.8 Å². The molecule has 0 fully saturated rings. The van der Waals surface area contributed by atoms with Crippen LogP contribution in [0.1, 0.15) is 24.2 Å². The molecule has 0 aliphatic heterocycles. The zero-order valence-electron chi connectivity index (χ0n) is 9.95. The fourth-order valence-electron chi connectivity index (χ4n) is 1.61. The van der Waals surface area contributed by atoms with Gasteiger partial charge in [-0.25, -0.2) is 4.68 Å². The highest BCUT2D eigenvalue weighted by Crippen LogP contribution is 2.02. The van der Waals surface area contributed by atoms with Crippen molar-refractivity contribution in [2.45, 2.75) is 25.8 Å². The molecule has 17 heavy (non-hydrogen) atoms. The molecule has 2 heterocycles. The van der Waals surface area contributed by atoms with Crippen molar-refractivity contribution < 1.29 is 0 Å². The zero-order chi connectivity index (χ0) is 12.1. The van der Waals surface area contributed by atoms with Gasteiger partial charge in [-0.05, 0) is 25.8 Å². The van der Waals surface area contributed by atoms with Crippen LogP contribution in [0.4, 0.5) is 0 Å². The second-order valence-corrected chi connectivity index (χ2v) is 4.04. The average molecular weight is 235 g/mol. The largest absolute Gasteiger partial charge is 0.330 e. The summed E-state index contributed by atoms with van der Waals surface area (Å²) in [6, 6.07) is 0. The Bertz CT molecular complexity index is 459. The lowest BCUT2D eigenvalue weighted by molar-refractivity contribution is 0.635. The Morgan fingerprint density at radius 3 is 2.65 bits per heavy atom. The molecule has 0 bridgehead atoms. The van der Waals surface area contributed by atoms with Crippen molar-refractivity contribution >= 4 is 0 Å². The normalized spacial score (nSPS) is 10.9. The first kappa shape index (κ1) is 11.7. The molecular weight excluding hydrogens is 218 g/mol. The summed E-state index contributed by atoms with van der Waals surface area (Å²) in [6.45, 7) is 1.34. The van der Waals surface area contributed by atoms with E-state index in [1.807, 2.05) is 19.4 Å². The Labute approximate surface area is 99.6 Å². The molecule has 0 aliphatic carbocycles. The van der Waals surface area contributed by atoms with Gasteiger partial charge < -0.3 is 5.73 Å². The second kappa shape index (κ2) is 5.53. The van der Waals surface area contributed by atoms with Crippen LogP contribution in [0.2, 0.25) is 0 Å². The number of rotatable bonds is 6. The number of nitrogens with zero attached hydrogens (tertiary/aromatic N) is 6. The van der Waals surface area contributed by atoms with Crippen molar-refractivity contribution in [2.75, 3.05) is 6.54 Å². The Kier molecular flexibility index (Phi) is 3.81. The summed E-state index contributed by atoms with van der Waals surface area (Å²) in [6.07, 6.45) is 6.83. The minimum atomic E-state index is 0.609. The fourth-order valence-corrected chi connectivity index (χ4v) is 1.61. The van der Waals surface area contributed by atoms with Crippen molar-refractivity contribution in [1.29, 1.82) is 0 Å². The molecule has 0 aliphatic rings. The van der Waals surface area contributed by atoms with Gasteiger partial charge in [0.1, 0.15) is 5.69 Å². The first-order chi connectivity index (χ1) is 8.28. The van der Waals surface area contributed by atoms with E-state index in [-0.39, 0.29) is 0 Å². The van der Waals surface area contributed by atoms with Crippen LogP contribution in [0, 0.1) is 0 Å². The summed E-state index contributed by atoms with van der Waals surface area (Å²) < 4.78 is 3.45. The Morgan fingerprint density at radius 1 is 1.12 bits per heavy atom. The molecule has 0 saturated carbocycles. The molecule has 92 valence electrons. The van der Waals surface area contributed by atoms with Crippen molar-refractivity contribution in [3.63, 3.8) is 0 Å². The van der Waals surface area contributed by atoms with Gasteiger partial charge in [0, 0.05) is 19.4 Å². The standard InChI is InChI=1S/C10H17N7/c1-16-6-10(13-14-16)8-17-7-9(12-15-17)4-2-3-5-11/h6-7H,2-5,8,11H2,1H3. The highest BCUT2D eigenvalue weighted by molar-refractivity contribution is 4.97. The lowest BCUT2D eigenvalue weighted by Crippen LogP contribution is -2.00. The number of aryl methyl sites for hydroxylation is 2.